The van der Waals surface area contributed by atoms with Gasteiger partial charge >= 0.3 is 23.9 Å². The van der Waals surface area contributed by atoms with Crippen LogP contribution in [0.3, 0.4) is 0 Å². The average Bonchev–Trinajstić information content (AvgIpc) is 2.39. The second-order valence-corrected chi connectivity index (χ2v) is 5.26. The van der Waals surface area contributed by atoms with E-state index in [1.54, 1.807) is 0 Å². The fraction of sp³-hybridized carbons (Fsp3) is 0.667. The van der Waals surface area contributed by atoms with Crippen LogP contribution in [0.4, 0.5) is 0 Å². The lowest BCUT2D eigenvalue weighted by Crippen LogP contribution is -1.93. The van der Waals surface area contributed by atoms with Crippen molar-refractivity contribution in [3.63, 3.8) is 0 Å². The van der Waals surface area contributed by atoms with Crippen LogP contribution in [0.25, 0.3) is 0 Å². The second-order valence-electron chi connectivity index (χ2n) is 3.47. The van der Waals surface area contributed by atoms with E-state index in [1.807, 2.05) is 0 Å². The molecule has 0 aliphatic carbocycles. The van der Waals surface area contributed by atoms with Crippen molar-refractivity contribution in [1.82, 2.24) is 0 Å². The molecule has 0 aliphatic heterocycles. The molecule has 0 spiro atoms. The lowest BCUT2D eigenvalue weighted by Gasteiger charge is -1.79. The average molecular weight is 425 g/mol. The maximum Gasteiger partial charge on any atom is 0.304 e. The highest BCUT2D eigenvalue weighted by Gasteiger charge is 1.89. The zero-order valence-corrected chi connectivity index (χ0v) is 16.4. The minimum absolute atomic E-state index is 0.156. The fourth-order valence-corrected chi connectivity index (χ4v) is 1.15. The van der Waals surface area contributed by atoms with Gasteiger partial charge in [0.15, 0.2) is 0 Å². The Hall–Kier alpha value is -0.720. The Morgan fingerprint density at radius 2 is 0.583 bits per heavy atom. The van der Waals surface area contributed by atoms with Crippen molar-refractivity contribution < 1.29 is 39.6 Å². The van der Waals surface area contributed by atoms with Gasteiger partial charge < -0.3 is 20.4 Å². The lowest BCUT2D eigenvalue weighted by molar-refractivity contribution is -0.137. The molecular formula is C12H24O8S4. The van der Waals surface area contributed by atoms with E-state index in [0.717, 1.165) is 0 Å². The third-order valence-electron chi connectivity index (χ3n) is 1.30. The van der Waals surface area contributed by atoms with Gasteiger partial charge in [0.1, 0.15) is 0 Å². The van der Waals surface area contributed by atoms with E-state index in [1.165, 1.54) is 0 Å². The van der Waals surface area contributed by atoms with Gasteiger partial charge in [-0.25, -0.2) is 0 Å². The Morgan fingerprint density at radius 1 is 0.458 bits per heavy atom. The predicted molar refractivity (Wildman–Crippen MR) is 104 cm³/mol. The molecule has 0 saturated carbocycles. The number of carboxylic acids is 4. The van der Waals surface area contributed by atoms with E-state index in [-0.39, 0.29) is 25.7 Å². The summed E-state index contributed by atoms with van der Waals surface area (Å²) in [6, 6.07) is 0. The number of aliphatic carboxylic acids is 4. The van der Waals surface area contributed by atoms with Crippen LogP contribution in [0, 0.1) is 0 Å². The zero-order valence-electron chi connectivity index (χ0n) is 12.9. The SMILES string of the molecule is O=C(O)CCS.O=C(O)CCS.O=C(O)CCS.O=C(O)CCS. The number of rotatable bonds is 8. The van der Waals surface area contributed by atoms with Gasteiger partial charge in [-0.05, 0) is 0 Å². The first-order valence-corrected chi connectivity index (χ1v) is 8.92. The van der Waals surface area contributed by atoms with Gasteiger partial charge in [0, 0.05) is 23.0 Å². The predicted octanol–water partition coefficient (Wildman–Crippen LogP) is 1.56. The highest BCUT2D eigenvalue weighted by Crippen LogP contribution is 1.81. The quantitative estimate of drug-likeness (QED) is 0.274. The van der Waals surface area contributed by atoms with Crippen LogP contribution in [0.2, 0.25) is 0 Å². The zero-order chi connectivity index (χ0) is 20.0. The molecule has 0 radical (unpaired) electrons. The number of hydrogen-bond acceptors (Lipinski definition) is 8. The molecule has 0 fully saturated rings. The Bertz CT molecular complexity index is 275. The maximum atomic E-state index is 9.55. The van der Waals surface area contributed by atoms with E-state index in [2.05, 4.69) is 50.5 Å². The Kier molecular flexibility index (Phi) is 35.2. The molecule has 12 heteroatoms. The normalized spacial score (nSPS) is 8.17. The number of thiol groups is 4. The number of carbonyl (C=O) groups is 4. The first kappa shape index (κ1) is 31.1. The summed E-state index contributed by atoms with van der Waals surface area (Å²) in [5, 5.41) is 31.5. The lowest BCUT2D eigenvalue weighted by atomic mass is 10.5. The minimum atomic E-state index is -0.787. The van der Waals surface area contributed by atoms with Gasteiger partial charge in [-0.15, -0.1) is 0 Å². The molecule has 144 valence electrons. The third-order valence-corrected chi connectivity index (χ3v) is 2.20. The van der Waals surface area contributed by atoms with Gasteiger partial charge in [-0.2, -0.15) is 50.5 Å². The van der Waals surface area contributed by atoms with Crippen LogP contribution in [-0.4, -0.2) is 67.3 Å². The first-order chi connectivity index (χ1) is 11.1. The molecule has 0 saturated heterocycles. The van der Waals surface area contributed by atoms with Crippen molar-refractivity contribution in [1.29, 1.82) is 0 Å². The van der Waals surface area contributed by atoms with Crippen molar-refractivity contribution in [3.05, 3.63) is 0 Å². The summed E-state index contributed by atoms with van der Waals surface area (Å²) >= 11 is 14.7. The van der Waals surface area contributed by atoms with Crippen molar-refractivity contribution in [2.24, 2.45) is 0 Å². The van der Waals surface area contributed by atoms with Crippen molar-refractivity contribution >= 4 is 74.4 Å². The van der Waals surface area contributed by atoms with Gasteiger partial charge in [0.2, 0.25) is 0 Å². The largest absolute Gasteiger partial charge is 0.481 e. The molecule has 0 bridgehead atoms. The van der Waals surface area contributed by atoms with E-state index in [9.17, 15) is 19.2 Å². The summed E-state index contributed by atoms with van der Waals surface area (Å²) in [6.07, 6.45) is 0.623. The van der Waals surface area contributed by atoms with Gasteiger partial charge in [-0.1, -0.05) is 0 Å². The summed E-state index contributed by atoms with van der Waals surface area (Å²) in [5.74, 6) is -1.44. The summed E-state index contributed by atoms with van der Waals surface area (Å²) in [6.45, 7) is 0. The van der Waals surface area contributed by atoms with Crippen LogP contribution in [-0.2, 0) is 19.2 Å². The van der Waals surface area contributed by atoms with Crippen molar-refractivity contribution in [2.45, 2.75) is 25.7 Å². The Morgan fingerprint density at radius 3 is 0.583 bits per heavy atom. The molecule has 4 N–H and O–H groups in total. The molecule has 0 amide bonds. The topological polar surface area (TPSA) is 149 Å². The second kappa shape index (κ2) is 27.1. The molecular weight excluding hydrogens is 400 g/mol. The molecule has 0 heterocycles. The minimum Gasteiger partial charge on any atom is -0.481 e. The van der Waals surface area contributed by atoms with Crippen molar-refractivity contribution in [2.75, 3.05) is 23.0 Å². The third kappa shape index (κ3) is 68.8. The standard InChI is InChI=1S/4C3H6O2S/c4*4-3(5)1-2-6/h4*6H,1-2H2,(H,4,5). The molecule has 8 nitrogen and oxygen atoms in total. The Labute approximate surface area is 162 Å². The van der Waals surface area contributed by atoms with E-state index in [0.29, 0.717) is 23.0 Å². The summed E-state index contributed by atoms with van der Waals surface area (Å²) in [5.41, 5.74) is 0. The molecule has 0 aromatic rings. The van der Waals surface area contributed by atoms with Gasteiger partial charge in [0.25, 0.3) is 0 Å². The highest BCUT2D eigenvalue weighted by molar-refractivity contribution is 7.80. The van der Waals surface area contributed by atoms with Crippen LogP contribution in [0.1, 0.15) is 25.7 Å². The molecule has 0 aliphatic rings. The molecule has 0 atom stereocenters. The van der Waals surface area contributed by atoms with Gasteiger partial charge in [-0.3, -0.25) is 19.2 Å². The number of hydrogen-bond donors (Lipinski definition) is 8. The smallest absolute Gasteiger partial charge is 0.304 e. The van der Waals surface area contributed by atoms with Crippen molar-refractivity contribution in [3.8, 4) is 0 Å². The molecule has 0 aromatic carbocycles. The van der Waals surface area contributed by atoms with Crippen LogP contribution in [0.5, 0.6) is 0 Å². The Balaban J connectivity index is -0.000000111. The van der Waals surface area contributed by atoms with E-state index >= 15 is 0 Å². The fourth-order valence-electron chi connectivity index (χ4n) is 0.383. The van der Waals surface area contributed by atoms with Crippen LogP contribution >= 0.6 is 50.5 Å². The molecule has 24 heavy (non-hydrogen) atoms. The van der Waals surface area contributed by atoms with Gasteiger partial charge in [0.05, 0.1) is 25.7 Å². The maximum absolute atomic E-state index is 9.55. The molecule has 0 unspecified atom stereocenters. The monoisotopic (exact) mass is 424 g/mol. The molecule has 0 rings (SSSR count). The first-order valence-electron chi connectivity index (χ1n) is 6.39. The summed E-state index contributed by atoms with van der Waals surface area (Å²) in [4.78, 5) is 38.2. The summed E-state index contributed by atoms with van der Waals surface area (Å²) < 4.78 is 0. The van der Waals surface area contributed by atoms with Crippen LogP contribution < -0.4 is 0 Å². The highest BCUT2D eigenvalue weighted by atomic mass is 32.1. The number of carboxylic acid groups (broad SMARTS) is 4. The van der Waals surface area contributed by atoms with E-state index in [4.69, 9.17) is 20.4 Å². The van der Waals surface area contributed by atoms with Crippen LogP contribution in [0.15, 0.2) is 0 Å². The molecule has 0 aromatic heterocycles. The van der Waals surface area contributed by atoms with E-state index < -0.39 is 23.9 Å². The summed E-state index contributed by atoms with van der Waals surface area (Å²) in [7, 11) is 0.